The van der Waals surface area contributed by atoms with E-state index < -0.39 is 18.0 Å². The predicted octanol–water partition coefficient (Wildman–Crippen LogP) is -1.22. The third-order valence-electron chi connectivity index (χ3n) is 2.06. The number of amides is 1. The van der Waals surface area contributed by atoms with Crippen molar-refractivity contribution in [3.8, 4) is 0 Å². The molecule has 0 saturated heterocycles. The predicted molar refractivity (Wildman–Crippen MR) is 60.0 cm³/mol. The molecule has 0 aliphatic carbocycles. The van der Waals surface area contributed by atoms with Gasteiger partial charge in [0.15, 0.2) is 6.10 Å². The van der Waals surface area contributed by atoms with Crippen molar-refractivity contribution in [1.29, 1.82) is 0 Å². The lowest BCUT2D eigenvalue weighted by Gasteiger charge is -2.08. The molecule has 1 aromatic heterocycles. The average Bonchev–Trinajstić information content (AvgIpc) is 2.57. The molecule has 0 fully saturated rings. The Bertz CT molecular complexity index is 478. The van der Waals surface area contributed by atoms with E-state index in [1.807, 2.05) is 0 Å². The van der Waals surface area contributed by atoms with Crippen LogP contribution >= 0.6 is 11.3 Å². The zero-order chi connectivity index (χ0) is 13.0. The Labute approximate surface area is 100 Å². The second-order valence-corrected chi connectivity index (χ2v) is 4.21. The van der Waals surface area contributed by atoms with Crippen LogP contribution in [0.2, 0.25) is 0 Å². The van der Waals surface area contributed by atoms with Crippen LogP contribution in [0, 0.1) is 6.92 Å². The topological polar surface area (TPSA) is 109 Å². The van der Waals surface area contributed by atoms with Crippen LogP contribution in [0.5, 0.6) is 0 Å². The van der Waals surface area contributed by atoms with Gasteiger partial charge in [-0.05, 0) is 6.92 Å². The van der Waals surface area contributed by atoms with Crippen LogP contribution in [-0.2, 0) is 16.1 Å². The Morgan fingerprint density at radius 2 is 2.24 bits per heavy atom. The van der Waals surface area contributed by atoms with Gasteiger partial charge < -0.3 is 15.5 Å². The van der Waals surface area contributed by atoms with E-state index in [9.17, 15) is 14.4 Å². The van der Waals surface area contributed by atoms with E-state index in [1.165, 1.54) is 4.57 Å². The SMILES string of the molecule is Cc1csc(=O)n1CC(=O)NCC(O)C(=O)O. The largest absolute Gasteiger partial charge is 0.479 e. The van der Waals surface area contributed by atoms with E-state index in [2.05, 4.69) is 5.32 Å². The molecule has 0 bridgehead atoms. The number of aliphatic hydroxyl groups excluding tert-OH is 1. The number of rotatable bonds is 5. The number of carbonyl (C=O) groups excluding carboxylic acids is 1. The first-order valence-corrected chi connectivity index (χ1v) is 5.62. The van der Waals surface area contributed by atoms with Crippen LogP contribution in [0.1, 0.15) is 5.69 Å². The first-order valence-electron chi connectivity index (χ1n) is 4.74. The molecule has 8 heteroatoms. The maximum atomic E-state index is 11.4. The molecule has 0 spiro atoms. The third-order valence-corrected chi connectivity index (χ3v) is 2.94. The first kappa shape index (κ1) is 13.4. The molecular weight excluding hydrogens is 248 g/mol. The number of thiazole rings is 1. The number of nitrogens with zero attached hydrogens (tertiary/aromatic N) is 1. The van der Waals surface area contributed by atoms with Crippen LogP contribution in [0.15, 0.2) is 10.2 Å². The van der Waals surface area contributed by atoms with Gasteiger partial charge >= 0.3 is 10.8 Å². The van der Waals surface area contributed by atoms with E-state index in [0.29, 0.717) is 5.69 Å². The minimum Gasteiger partial charge on any atom is -0.479 e. The Balaban J connectivity index is 2.51. The number of carboxylic acid groups (broad SMARTS) is 1. The lowest BCUT2D eigenvalue weighted by atomic mass is 10.3. The van der Waals surface area contributed by atoms with Gasteiger partial charge in [-0.1, -0.05) is 11.3 Å². The molecule has 1 atom stereocenters. The molecule has 17 heavy (non-hydrogen) atoms. The number of aromatic nitrogens is 1. The summed E-state index contributed by atoms with van der Waals surface area (Å²) < 4.78 is 1.27. The van der Waals surface area contributed by atoms with Crippen molar-refractivity contribution in [3.63, 3.8) is 0 Å². The van der Waals surface area contributed by atoms with E-state index in [-0.39, 0.29) is 18.0 Å². The Hall–Kier alpha value is -1.67. The standard InChI is InChI=1S/C9H12N2O5S/c1-5-4-17-9(16)11(5)3-7(13)10-2-6(12)8(14)15/h4,6,12H,2-3H2,1H3,(H,10,13)(H,14,15). The normalized spacial score (nSPS) is 12.1. The van der Waals surface area contributed by atoms with E-state index in [1.54, 1.807) is 12.3 Å². The van der Waals surface area contributed by atoms with Gasteiger partial charge in [0, 0.05) is 11.1 Å². The molecule has 3 N–H and O–H groups in total. The molecular formula is C9H12N2O5S. The Kier molecular flexibility index (Phi) is 4.41. The summed E-state index contributed by atoms with van der Waals surface area (Å²) in [6, 6.07) is 0. The maximum absolute atomic E-state index is 11.4. The number of nitrogens with one attached hydrogen (secondary N) is 1. The van der Waals surface area contributed by atoms with Crippen LogP contribution in [0.25, 0.3) is 0 Å². The van der Waals surface area contributed by atoms with Crippen LogP contribution < -0.4 is 10.2 Å². The lowest BCUT2D eigenvalue weighted by Crippen LogP contribution is -2.39. The third kappa shape index (κ3) is 3.68. The zero-order valence-corrected chi connectivity index (χ0v) is 9.86. The fourth-order valence-corrected chi connectivity index (χ4v) is 1.83. The molecule has 0 aliphatic rings. The molecule has 1 aromatic rings. The highest BCUT2D eigenvalue weighted by Gasteiger charge is 2.15. The molecule has 1 heterocycles. The summed E-state index contributed by atoms with van der Waals surface area (Å²) in [6.45, 7) is 1.13. The quantitative estimate of drug-likeness (QED) is 0.615. The minimum atomic E-state index is -1.64. The number of carbonyl (C=O) groups is 2. The van der Waals surface area contributed by atoms with Crippen LogP contribution in [0.3, 0.4) is 0 Å². The monoisotopic (exact) mass is 260 g/mol. The fraction of sp³-hybridized carbons (Fsp3) is 0.444. The van der Waals surface area contributed by atoms with Crippen LogP contribution in [-0.4, -0.2) is 39.3 Å². The summed E-state index contributed by atoms with van der Waals surface area (Å²) >= 11 is 0.986. The van der Waals surface area contributed by atoms with Gasteiger partial charge in [-0.2, -0.15) is 0 Å². The summed E-state index contributed by atoms with van der Waals surface area (Å²) in [5.41, 5.74) is 0.661. The molecule has 1 unspecified atom stereocenters. The van der Waals surface area contributed by atoms with Crippen molar-refractivity contribution in [1.82, 2.24) is 9.88 Å². The van der Waals surface area contributed by atoms with Gasteiger partial charge in [-0.15, -0.1) is 0 Å². The fourth-order valence-electron chi connectivity index (χ4n) is 1.09. The van der Waals surface area contributed by atoms with Crippen molar-refractivity contribution in [2.45, 2.75) is 19.6 Å². The van der Waals surface area contributed by atoms with E-state index in [0.717, 1.165) is 11.3 Å². The summed E-state index contributed by atoms with van der Waals surface area (Å²) in [7, 11) is 0. The summed E-state index contributed by atoms with van der Waals surface area (Å²) in [4.78, 5) is 32.7. The maximum Gasteiger partial charge on any atom is 0.334 e. The molecule has 0 aliphatic heterocycles. The second kappa shape index (κ2) is 5.60. The smallest absolute Gasteiger partial charge is 0.334 e. The molecule has 1 amide bonds. The van der Waals surface area contributed by atoms with E-state index >= 15 is 0 Å². The number of aryl methyl sites for hydroxylation is 1. The molecule has 0 saturated carbocycles. The number of carboxylic acids is 1. The highest BCUT2D eigenvalue weighted by molar-refractivity contribution is 7.07. The number of aliphatic carboxylic acids is 1. The number of hydrogen-bond donors (Lipinski definition) is 3. The molecule has 94 valence electrons. The minimum absolute atomic E-state index is 0.180. The van der Waals surface area contributed by atoms with Crippen molar-refractivity contribution in [2.24, 2.45) is 0 Å². The Morgan fingerprint density at radius 3 is 2.71 bits per heavy atom. The van der Waals surface area contributed by atoms with Gasteiger partial charge in [-0.3, -0.25) is 14.2 Å². The Morgan fingerprint density at radius 1 is 1.59 bits per heavy atom. The van der Waals surface area contributed by atoms with Crippen molar-refractivity contribution < 1.29 is 19.8 Å². The molecule has 1 rings (SSSR count). The number of aliphatic hydroxyl groups is 1. The van der Waals surface area contributed by atoms with E-state index in [4.69, 9.17) is 10.2 Å². The van der Waals surface area contributed by atoms with Crippen molar-refractivity contribution in [2.75, 3.05) is 6.54 Å². The highest BCUT2D eigenvalue weighted by atomic mass is 32.1. The zero-order valence-electron chi connectivity index (χ0n) is 9.04. The highest BCUT2D eigenvalue weighted by Crippen LogP contribution is 1.98. The summed E-state index contributed by atoms with van der Waals surface area (Å²) in [5.74, 6) is -1.93. The van der Waals surface area contributed by atoms with Crippen molar-refractivity contribution in [3.05, 3.63) is 20.7 Å². The van der Waals surface area contributed by atoms with Gasteiger partial charge in [0.25, 0.3) is 0 Å². The summed E-state index contributed by atoms with van der Waals surface area (Å²) in [5, 5.41) is 21.2. The van der Waals surface area contributed by atoms with Crippen LogP contribution in [0.4, 0.5) is 0 Å². The molecule has 0 radical (unpaired) electrons. The average molecular weight is 260 g/mol. The van der Waals surface area contributed by atoms with Gasteiger partial charge in [0.1, 0.15) is 6.54 Å². The molecule has 0 aromatic carbocycles. The van der Waals surface area contributed by atoms with Gasteiger partial charge in [-0.25, -0.2) is 4.79 Å². The van der Waals surface area contributed by atoms with Gasteiger partial charge in [0.2, 0.25) is 5.91 Å². The first-order chi connectivity index (χ1) is 7.91. The summed E-state index contributed by atoms with van der Waals surface area (Å²) in [6.07, 6.45) is -1.64. The van der Waals surface area contributed by atoms with Gasteiger partial charge in [0.05, 0.1) is 6.54 Å². The lowest BCUT2D eigenvalue weighted by molar-refractivity contribution is -0.146. The molecule has 7 nitrogen and oxygen atoms in total. The number of hydrogen-bond acceptors (Lipinski definition) is 5. The second-order valence-electron chi connectivity index (χ2n) is 3.39. The van der Waals surface area contributed by atoms with Crippen molar-refractivity contribution >= 4 is 23.2 Å².